The fourth-order valence-electron chi connectivity index (χ4n) is 5.33. The number of likely N-dealkylation sites (tertiary alicyclic amines) is 1. The number of imide groups is 1. The van der Waals surface area contributed by atoms with Gasteiger partial charge < -0.3 is 14.4 Å². The van der Waals surface area contributed by atoms with Crippen molar-refractivity contribution in [3.8, 4) is 11.5 Å². The molecule has 0 N–H and O–H groups in total. The normalized spacial score (nSPS) is 21.9. The molecule has 2 aromatic rings. The van der Waals surface area contributed by atoms with Gasteiger partial charge in [-0.15, -0.1) is 0 Å². The Balaban J connectivity index is 1.39. The zero-order valence-electron chi connectivity index (χ0n) is 20.1. The van der Waals surface area contributed by atoms with Crippen LogP contribution in [-0.2, 0) is 4.79 Å². The highest BCUT2D eigenvalue weighted by Crippen LogP contribution is 2.40. The SMILES string of the molecule is COc1ccc2c(c1)C(=O)CC1(CCN(C(=O)C(CC(C)C)N3C(=O)c4ccccc4C3=O)C1)O2. The topological polar surface area (TPSA) is 93.2 Å². The van der Waals surface area contributed by atoms with E-state index in [0.29, 0.717) is 47.6 Å². The summed E-state index contributed by atoms with van der Waals surface area (Å²) in [6.45, 7) is 4.52. The zero-order valence-corrected chi connectivity index (χ0v) is 20.1. The Kier molecular flexibility index (Phi) is 5.62. The highest BCUT2D eigenvalue weighted by atomic mass is 16.5. The molecular weight excluding hydrogens is 448 g/mol. The Morgan fingerprint density at radius 3 is 2.37 bits per heavy atom. The van der Waals surface area contributed by atoms with E-state index in [9.17, 15) is 19.2 Å². The van der Waals surface area contributed by atoms with Gasteiger partial charge in [0.15, 0.2) is 5.78 Å². The third-order valence-corrected chi connectivity index (χ3v) is 7.04. The Morgan fingerprint density at radius 1 is 1.06 bits per heavy atom. The monoisotopic (exact) mass is 476 g/mol. The smallest absolute Gasteiger partial charge is 0.262 e. The second-order valence-electron chi connectivity index (χ2n) is 9.93. The lowest BCUT2D eigenvalue weighted by Crippen LogP contribution is -2.52. The van der Waals surface area contributed by atoms with Crippen LogP contribution in [0.2, 0.25) is 0 Å². The summed E-state index contributed by atoms with van der Waals surface area (Å²) in [4.78, 5) is 55.7. The Morgan fingerprint density at radius 2 is 1.74 bits per heavy atom. The van der Waals surface area contributed by atoms with Crippen molar-refractivity contribution in [2.24, 2.45) is 5.92 Å². The second-order valence-corrected chi connectivity index (χ2v) is 9.93. The van der Waals surface area contributed by atoms with Crippen LogP contribution in [0.15, 0.2) is 42.5 Å². The largest absolute Gasteiger partial charge is 0.497 e. The molecule has 1 saturated heterocycles. The molecule has 5 rings (SSSR count). The summed E-state index contributed by atoms with van der Waals surface area (Å²) in [6.07, 6.45) is 1.00. The molecule has 2 aromatic carbocycles. The summed E-state index contributed by atoms with van der Waals surface area (Å²) in [7, 11) is 1.54. The van der Waals surface area contributed by atoms with E-state index in [1.807, 2.05) is 13.8 Å². The van der Waals surface area contributed by atoms with E-state index in [-0.39, 0.29) is 30.6 Å². The number of fused-ring (bicyclic) bond motifs is 2. The fraction of sp³-hybridized carbons (Fsp3) is 0.407. The third-order valence-electron chi connectivity index (χ3n) is 7.04. The molecule has 35 heavy (non-hydrogen) atoms. The van der Waals surface area contributed by atoms with Gasteiger partial charge in [0.1, 0.15) is 23.1 Å². The molecule has 182 valence electrons. The molecule has 8 heteroatoms. The molecule has 0 radical (unpaired) electrons. The summed E-state index contributed by atoms with van der Waals surface area (Å²) in [5.74, 6) is -0.0805. The number of carbonyl (C=O) groups excluding carboxylic acids is 4. The van der Waals surface area contributed by atoms with Crippen molar-refractivity contribution in [2.45, 2.75) is 44.8 Å². The lowest BCUT2D eigenvalue weighted by molar-refractivity contribution is -0.135. The summed E-state index contributed by atoms with van der Waals surface area (Å²) in [5, 5.41) is 0. The molecule has 1 fully saturated rings. The Labute approximate surface area is 203 Å². The average Bonchev–Trinajstić information content (AvgIpc) is 3.35. The first-order valence-electron chi connectivity index (χ1n) is 11.9. The van der Waals surface area contributed by atoms with Gasteiger partial charge in [0, 0.05) is 13.0 Å². The summed E-state index contributed by atoms with van der Waals surface area (Å²) >= 11 is 0. The maximum absolute atomic E-state index is 13.8. The minimum absolute atomic E-state index is 0.0569. The number of rotatable bonds is 5. The number of ether oxygens (including phenoxy) is 2. The second kappa shape index (κ2) is 8.52. The zero-order chi connectivity index (χ0) is 24.9. The number of amides is 3. The molecule has 8 nitrogen and oxygen atoms in total. The molecule has 2 atom stereocenters. The minimum atomic E-state index is -0.909. The molecule has 0 aromatic heterocycles. The van der Waals surface area contributed by atoms with E-state index in [4.69, 9.17) is 9.47 Å². The number of nitrogens with zero attached hydrogens (tertiary/aromatic N) is 2. The van der Waals surface area contributed by atoms with Gasteiger partial charge in [0.25, 0.3) is 11.8 Å². The quantitative estimate of drug-likeness (QED) is 0.615. The van der Waals surface area contributed by atoms with Gasteiger partial charge in [-0.3, -0.25) is 24.1 Å². The van der Waals surface area contributed by atoms with E-state index in [1.54, 1.807) is 54.5 Å². The molecule has 3 aliphatic rings. The van der Waals surface area contributed by atoms with Gasteiger partial charge >= 0.3 is 0 Å². The Hall–Kier alpha value is -3.68. The number of ketones is 1. The van der Waals surface area contributed by atoms with Crippen LogP contribution in [0.25, 0.3) is 0 Å². The van der Waals surface area contributed by atoms with Crippen molar-refractivity contribution in [3.63, 3.8) is 0 Å². The van der Waals surface area contributed by atoms with Crippen molar-refractivity contribution in [3.05, 3.63) is 59.2 Å². The first kappa shape index (κ1) is 23.1. The van der Waals surface area contributed by atoms with E-state index in [2.05, 4.69) is 0 Å². The van der Waals surface area contributed by atoms with E-state index in [0.717, 1.165) is 4.90 Å². The van der Waals surface area contributed by atoms with Crippen LogP contribution in [0.5, 0.6) is 11.5 Å². The van der Waals surface area contributed by atoms with Crippen LogP contribution < -0.4 is 9.47 Å². The highest BCUT2D eigenvalue weighted by molar-refractivity contribution is 6.22. The predicted octanol–water partition coefficient (Wildman–Crippen LogP) is 3.34. The number of hydrogen-bond donors (Lipinski definition) is 0. The van der Waals surface area contributed by atoms with Gasteiger partial charge in [-0.25, -0.2) is 0 Å². The number of Topliss-reactive ketones (excluding diaryl/α,β-unsaturated/α-hetero) is 1. The number of carbonyl (C=O) groups is 4. The lowest BCUT2D eigenvalue weighted by atomic mass is 9.89. The standard InChI is InChI=1S/C27H28N2O6/c1-16(2)12-21(29-24(31)18-6-4-5-7-19(18)25(29)32)26(33)28-11-10-27(15-28)14-22(30)20-13-17(34-3)8-9-23(20)35-27/h4-9,13,16,21H,10-12,14-15H2,1-3H3. The maximum atomic E-state index is 13.8. The number of hydrogen-bond acceptors (Lipinski definition) is 6. The first-order valence-corrected chi connectivity index (χ1v) is 11.9. The van der Waals surface area contributed by atoms with Crippen molar-refractivity contribution >= 4 is 23.5 Å². The van der Waals surface area contributed by atoms with Gasteiger partial charge in [-0.05, 0) is 42.7 Å². The maximum Gasteiger partial charge on any atom is 0.262 e. The van der Waals surface area contributed by atoms with Crippen LogP contribution in [0.4, 0.5) is 0 Å². The third kappa shape index (κ3) is 3.87. The van der Waals surface area contributed by atoms with Crippen molar-refractivity contribution in [1.29, 1.82) is 0 Å². The number of methoxy groups -OCH3 is 1. The van der Waals surface area contributed by atoms with Crippen LogP contribution in [0.3, 0.4) is 0 Å². The number of benzene rings is 2. The van der Waals surface area contributed by atoms with E-state index >= 15 is 0 Å². The van der Waals surface area contributed by atoms with Crippen LogP contribution in [0.1, 0.15) is 64.2 Å². The van der Waals surface area contributed by atoms with Crippen LogP contribution >= 0.6 is 0 Å². The first-order chi connectivity index (χ1) is 16.7. The van der Waals surface area contributed by atoms with Gasteiger partial charge in [-0.2, -0.15) is 0 Å². The average molecular weight is 477 g/mol. The van der Waals surface area contributed by atoms with Crippen molar-refractivity contribution in [2.75, 3.05) is 20.2 Å². The van der Waals surface area contributed by atoms with Gasteiger partial charge in [-0.1, -0.05) is 26.0 Å². The van der Waals surface area contributed by atoms with Gasteiger partial charge in [0.05, 0.1) is 36.8 Å². The molecular formula is C27H28N2O6. The predicted molar refractivity (Wildman–Crippen MR) is 127 cm³/mol. The van der Waals surface area contributed by atoms with E-state index < -0.39 is 23.5 Å². The van der Waals surface area contributed by atoms with Crippen LogP contribution in [-0.4, -0.2) is 65.1 Å². The molecule has 3 amide bonds. The molecule has 3 aliphatic heterocycles. The summed E-state index contributed by atoms with van der Waals surface area (Å²) in [6, 6.07) is 10.9. The molecule has 0 aliphatic carbocycles. The van der Waals surface area contributed by atoms with E-state index in [1.165, 1.54) is 0 Å². The van der Waals surface area contributed by atoms with Crippen molar-refractivity contribution < 1.29 is 28.7 Å². The minimum Gasteiger partial charge on any atom is -0.497 e. The molecule has 1 spiro atoms. The summed E-state index contributed by atoms with van der Waals surface area (Å²) in [5.41, 5.74) is 0.303. The van der Waals surface area contributed by atoms with Crippen LogP contribution in [0, 0.1) is 5.92 Å². The Bertz CT molecular complexity index is 1200. The molecule has 0 bridgehead atoms. The lowest BCUT2D eigenvalue weighted by Gasteiger charge is -2.35. The summed E-state index contributed by atoms with van der Waals surface area (Å²) < 4.78 is 11.5. The molecule has 0 saturated carbocycles. The van der Waals surface area contributed by atoms with Crippen molar-refractivity contribution in [1.82, 2.24) is 9.80 Å². The molecule has 3 heterocycles. The fourth-order valence-corrected chi connectivity index (χ4v) is 5.33. The highest BCUT2D eigenvalue weighted by Gasteiger charge is 2.50. The molecule has 2 unspecified atom stereocenters. The van der Waals surface area contributed by atoms with Gasteiger partial charge in [0.2, 0.25) is 5.91 Å².